The molecule has 1 fully saturated rings. The predicted molar refractivity (Wildman–Crippen MR) is 78.9 cm³/mol. The smallest absolute Gasteiger partial charge is 0.216 e. The summed E-state index contributed by atoms with van der Waals surface area (Å²) in [4.78, 5) is 4.02. The molecule has 112 valence electrons. The van der Waals surface area contributed by atoms with Crippen molar-refractivity contribution in [1.82, 2.24) is 4.98 Å². The Labute approximate surface area is 137 Å². The fourth-order valence-electron chi connectivity index (χ4n) is 1.73. The van der Waals surface area contributed by atoms with E-state index in [1.165, 1.54) is 12.1 Å². The summed E-state index contributed by atoms with van der Waals surface area (Å²) < 4.78 is 15.0. The summed E-state index contributed by atoms with van der Waals surface area (Å²) in [6.07, 6.45) is -0.179. The summed E-state index contributed by atoms with van der Waals surface area (Å²) in [6, 6.07) is 3.00. The molecule has 0 spiro atoms. The molecule has 0 aliphatic carbocycles. The molecule has 1 atom stereocenters. The first-order valence-corrected chi connectivity index (χ1v) is 7.36. The number of hydrogen-bond acceptors (Lipinski definition) is 4. The van der Waals surface area contributed by atoms with E-state index >= 15 is 0 Å². The molecule has 1 aromatic heterocycles. The lowest BCUT2D eigenvalue weighted by molar-refractivity contribution is -0.141. The lowest BCUT2D eigenvalue weighted by Crippen LogP contribution is -2.25. The lowest BCUT2D eigenvalue weighted by atomic mass is 10.3. The van der Waals surface area contributed by atoms with Crippen LogP contribution in [0.5, 0.6) is 5.88 Å². The molecule has 0 amide bonds. The highest BCUT2D eigenvalue weighted by atomic mass is 35.6. The Morgan fingerprint density at radius 2 is 2.10 bits per heavy atom. The van der Waals surface area contributed by atoms with Gasteiger partial charge < -0.3 is 14.2 Å². The van der Waals surface area contributed by atoms with Gasteiger partial charge in [0.25, 0.3) is 0 Å². The minimum Gasteiger partial charge on any atom is -0.475 e. The molecule has 20 heavy (non-hydrogen) atoms. The van der Waals surface area contributed by atoms with Gasteiger partial charge in [-0.1, -0.05) is 46.4 Å². The molecule has 4 nitrogen and oxygen atoms in total. The zero-order chi connectivity index (χ0) is 15.0. The van der Waals surface area contributed by atoms with Crippen LogP contribution < -0.4 is 4.74 Å². The maximum atomic E-state index is 5.87. The van der Waals surface area contributed by atoms with Crippen LogP contribution in [-0.4, -0.2) is 30.1 Å². The monoisotopic (exact) mass is 359 g/mol. The van der Waals surface area contributed by atoms with Crippen molar-refractivity contribution in [2.24, 2.45) is 0 Å². The van der Waals surface area contributed by atoms with Gasteiger partial charge in [0.15, 0.2) is 5.79 Å². The van der Waals surface area contributed by atoms with Gasteiger partial charge in [-0.2, -0.15) is 0 Å². The molecule has 8 heteroatoms. The molecule has 1 saturated heterocycles. The fourth-order valence-corrected chi connectivity index (χ4v) is 2.26. The molecule has 2 heterocycles. The standard InChI is InChI=1S/C12H13Cl4NO3/c1-11(2)19-6-8(20-11)5-18-10-4-7(12(14,15)16)3-9(13)17-10/h3-4,8H,5-6H2,1-2H3. The number of ether oxygens (including phenoxy) is 3. The molecule has 1 unspecified atom stereocenters. The van der Waals surface area contributed by atoms with Crippen molar-refractivity contribution in [2.45, 2.75) is 29.5 Å². The van der Waals surface area contributed by atoms with Gasteiger partial charge in [-0.05, 0) is 19.9 Å². The van der Waals surface area contributed by atoms with Crippen LogP contribution in [-0.2, 0) is 13.3 Å². The topological polar surface area (TPSA) is 40.6 Å². The van der Waals surface area contributed by atoms with E-state index in [4.69, 9.17) is 60.6 Å². The van der Waals surface area contributed by atoms with Gasteiger partial charge in [0.1, 0.15) is 17.9 Å². The third kappa shape index (κ3) is 4.52. The number of halogens is 4. The second-order valence-electron chi connectivity index (χ2n) is 4.78. The Hall–Kier alpha value is 0.0300. The Morgan fingerprint density at radius 1 is 1.40 bits per heavy atom. The van der Waals surface area contributed by atoms with Gasteiger partial charge >= 0.3 is 0 Å². The molecule has 0 bridgehead atoms. The Bertz CT molecular complexity index is 490. The number of hydrogen-bond donors (Lipinski definition) is 0. The maximum Gasteiger partial charge on any atom is 0.216 e. The lowest BCUT2D eigenvalue weighted by Gasteiger charge is -2.17. The number of nitrogens with zero attached hydrogens (tertiary/aromatic N) is 1. The first-order valence-electron chi connectivity index (χ1n) is 5.85. The number of rotatable bonds is 3. The van der Waals surface area contributed by atoms with E-state index in [-0.39, 0.29) is 23.7 Å². The van der Waals surface area contributed by atoms with Crippen LogP contribution in [0.1, 0.15) is 19.4 Å². The van der Waals surface area contributed by atoms with Gasteiger partial charge in [-0.25, -0.2) is 4.98 Å². The van der Waals surface area contributed by atoms with Crippen molar-refractivity contribution in [3.63, 3.8) is 0 Å². The average Bonchev–Trinajstić information content (AvgIpc) is 2.64. The van der Waals surface area contributed by atoms with Crippen LogP contribution in [0.2, 0.25) is 5.15 Å². The molecule has 1 aliphatic rings. The van der Waals surface area contributed by atoms with E-state index < -0.39 is 9.58 Å². The number of pyridine rings is 1. The van der Waals surface area contributed by atoms with Gasteiger partial charge in [0.05, 0.1) is 6.61 Å². The molecule has 2 rings (SSSR count). The van der Waals surface area contributed by atoms with Gasteiger partial charge in [0, 0.05) is 11.6 Å². The summed E-state index contributed by atoms with van der Waals surface area (Å²) in [5, 5.41) is 0.188. The largest absolute Gasteiger partial charge is 0.475 e. The second-order valence-corrected chi connectivity index (χ2v) is 7.44. The van der Waals surface area contributed by atoms with Crippen LogP contribution in [0.25, 0.3) is 0 Å². The molecular formula is C12H13Cl4NO3. The van der Waals surface area contributed by atoms with E-state index in [0.29, 0.717) is 12.2 Å². The minimum absolute atomic E-state index is 0.179. The van der Waals surface area contributed by atoms with E-state index in [2.05, 4.69) is 4.98 Å². The maximum absolute atomic E-state index is 5.87. The van der Waals surface area contributed by atoms with E-state index in [1.807, 2.05) is 13.8 Å². The zero-order valence-electron chi connectivity index (χ0n) is 10.8. The Balaban J connectivity index is 2.02. The quantitative estimate of drug-likeness (QED) is 0.601. The normalized spacial score (nSPS) is 22.0. The van der Waals surface area contributed by atoms with Gasteiger partial charge in [-0.3, -0.25) is 0 Å². The van der Waals surface area contributed by atoms with Crippen molar-refractivity contribution in [1.29, 1.82) is 0 Å². The van der Waals surface area contributed by atoms with Crippen LogP contribution in [0.4, 0.5) is 0 Å². The minimum atomic E-state index is -1.58. The molecule has 0 aromatic carbocycles. The van der Waals surface area contributed by atoms with E-state index in [0.717, 1.165) is 0 Å². The summed E-state index contributed by atoms with van der Waals surface area (Å²) in [6.45, 7) is 4.40. The molecule has 0 N–H and O–H groups in total. The van der Waals surface area contributed by atoms with Crippen LogP contribution in [0.3, 0.4) is 0 Å². The fraction of sp³-hybridized carbons (Fsp3) is 0.583. The summed E-state index contributed by atoms with van der Waals surface area (Å²) in [7, 11) is 0. The Morgan fingerprint density at radius 3 is 2.65 bits per heavy atom. The third-order valence-corrected chi connectivity index (χ3v) is 3.43. The van der Waals surface area contributed by atoms with Crippen molar-refractivity contribution in [2.75, 3.05) is 13.2 Å². The molecule has 0 radical (unpaired) electrons. The summed E-state index contributed by atoms with van der Waals surface area (Å²) in [5.41, 5.74) is 0.390. The van der Waals surface area contributed by atoms with Gasteiger partial charge in [0.2, 0.25) is 9.67 Å². The molecule has 0 saturated carbocycles. The molecule has 1 aromatic rings. The second kappa shape index (κ2) is 6.03. The Kier molecular flexibility index (Phi) is 4.95. The average molecular weight is 361 g/mol. The highest BCUT2D eigenvalue weighted by Gasteiger charge is 2.33. The molecule has 1 aliphatic heterocycles. The SMILES string of the molecule is CC1(C)OCC(COc2cc(C(Cl)(Cl)Cl)cc(Cl)n2)O1. The zero-order valence-corrected chi connectivity index (χ0v) is 13.9. The number of aromatic nitrogens is 1. The van der Waals surface area contributed by atoms with Crippen molar-refractivity contribution in [3.8, 4) is 5.88 Å². The van der Waals surface area contributed by atoms with Gasteiger partial charge in [-0.15, -0.1) is 0 Å². The number of alkyl halides is 3. The highest BCUT2D eigenvalue weighted by molar-refractivity contribution is 6.66. The van der Waals surface area contributed by atoms with Crippen molar-refractivity contribution in [3.05, 3.63) is 22.8 Å². The first-order chi connectivity index (χ1) is 9.16. The van der Waals surface area contributed by atoms with E-state index in [9.17, 15) is 0 Å². The van der Waals surface area contributed by atoms with Crippen LogP contribution in [0, 0.1) is 0 Å². The van der Waals surface area contributed by atoms with Crippen molar-refractivity contribution < 1.29 is 14.2 Å². The van der Waals surface area contributed by atoms with Crippen LogP contribution >= 0.6 is 46.4 Å². The first kappa shape index (κ1) is 16.4. The summed E-state index contributed by atoms with van der Waals surface area (Å²) >= 11 is 23.3. The van der Waals surface area contributed by atoms with Crippen molar-refractivity contribution >= 4 is 46.4 Å². The van der Waals surface area contributed by atoms with Crippen LogP contribution in [0.15, 0.2) is 12.1 Å². The predicted octanol–water partition coefficient (Wildman–Crippen LogP) is 4.09. The summed E-state index contributed by atoms with van der Waals surface area (Å²) in [5.74, 6) is -0.328. The third-order valence-electron chi connectivity index (χ3n) is 2.58. The van der Waals surface area contributed by atoms with E-state index in [1.54, 1.807) is 0 Å². The molecular weight excluding hydrogens is 348 g/mol. The highest BCUT2D eigenvalue weighted by Crippen LogP contribution is 2.40.